The van der Waals surface area contributed by atoms with Crippen molar-refractivity contribution < 1.29 is 8.83 Å². The molecule has 56 heavy (non-hydrogen) atoms. The molecule has 0 spiro atoms. The van der Waals surface area contributed by atoms with Gasteiger partial charge in [-0.05, 0) is 99.1 Å². The Morgan fingerprint density at radius 1 is 0.429 bits per heavy atom. The third-order valence-electron chi connectivity index (χ3n) is 11.4. The van der Waals surface area contributed by atoms with Crippen molar-refractivity contribution in [2.75, 3.05) is 0 Å². The summed E-state index contributed by atoms with van der Waals surface area (Å²) in [6.07, 6.45) is 6.68. The van der Waals surface area contributed by atoms with Gasteiger partial charge in [0.05, 0.1) is 5.56 Å². The summed E-state index contributed by atoms with van der Waals surface area (Å²) in [5.74, 6) is 1.74. The average molecular weight is 718 g/mol. The molecule has 0 bridgehead atoms. The van der Waals surface area contributed by atoms with Crippen molar-refractivity contribution in [2.45, 2.75) is 12.8 Å². The van der Waals surface area contributed by atoms with E-state index in [1.54, 1.807) is 0 Å². The van der Waals surface area contributed by atoms with Gasteiger partial charge in [-0.1, -0.05) is 121 Å². The lowest BCUT2D eigenvalue weighted by Crippen LogP contribution is -2.01. The Labute approximate surface area is 321 Å². The van der Waals surface area contributed by atoms with Crippen LogP contribution >= 0.6 is 0 Å². The Balaban J connectivity index is 1.12. The number of hydrogen-bond donors (Lipinski definition) is 0. The maximum Gasteiger partial charge on any atom is 0.167 e. The summed E-state index contributed by atoms with van der Waals surface area (Å²) < 4.78 is 12.9. The topological polar surface area (TPSA) is 65.0 Å². The zero-order valence-electron chi connectivity index (χ0n) is 30.2. The molecular formula is C51H31N3O2. The highest BCUT2D eigenvalue weighted by atomic mass is 16.3. The SMILES string of the molecule is C1=Cc2c(ccc3cc(-c4nc(-c5cc(-c6cccc7oc8ccccc8c67)c6ccccc6c5)nc(-c5cccc6c5oc5ccccc56)n4)ccc23)CC1. The van der Waals surface area contributed by atoms with E-state index in [0.29, 0.717) is 17.5 Å². The van der Waals surface area contributed by atoms with Gasteiger partial charge in [0.1, 0.15) is 22.3 Å². The number of benzene rings is 8. The molecule has 0 saturated carbocycles. The van der Waals surface area contributed by atoms with Gasteiger partial charge >= 0.3 is 0 Å². The molecule has 8 aromatic carbocycles. The Morgan fingerprint density at radius 2 is 1.11 bits per heavy atom. The number of aromatic nitrogens is 3. The summed E-state index contributed by atoms with van der Waals surface area (Å²) in [4.78, 5) is 15.8. The number of para-hydroxylation sites is 3. The number of aryl methyl sites for hydroxylation is 1. The number of rotatable bonds is 4. The lowest BCUT2D eigenvalue weighted by molar-refractivity contribution is 0.669. The largest absolute Gasteiger partial charge is 0.456 e. The molecule has 0 saturated heterocycles. The molecule has 5 heteroatoms. The molecule has 5 nitrogen and oxygen atoms in total. The fraction of sp³-hybridized carbons (Fsp3) is 0.0392. The van der Waals surface area contributed by atoms with Crippen LogP contribution in [-0.2, 0) is 6.42 Å². The Bertz CT molecular complexity index is 3440. The van der Waals surface area contributed by atoms with Gasteiger partial charge in [0.25, 0.3) is 0 Å². The molecule has 0 unspecified atom stereocenters. The Kier molecular flexibility index (Phi) is 6.69. The highest BCUT2D eigenvalue weighted by Gasteiger charge is 2.21. The lowest BCUT2D eigenvalue weighted by atomic mass is 9.91. The zero-order chi connectivity index (χ0) is 36.7. The van der Waals surface area contributed by atoms with Gasteiger partial charge in [0.2, 0.25) is 0 Å². The van der Waals surface area contributed by atoms with E-state index >= 15 is 0 Å². The first kappa shape index (κ1) is 31.0. The van der Waals surface area contributed by atoms with Crippen molar-refractivity contribution >= 4 is 71.5 Å². The van der Waals surface area contributed by atoms with Gasteiger partial charge in [0, 0.05) is 32.7 Å². The maximum atomic E-state index is 6.53. The molecule has 0 aliphatic heterocycles. The van der Waals surface area contributed by atoms with Crippen LogP contribution in [0, 0.1) is 0 Å². The number of hydrogen-bond acceptors (Lipinski definition) is 5. The predicted molar refractivity (Wildman–Crippen MR) is 228 cm³/mol. The summed E-state index contributed by atoms with van der Waals surface area (Å²) in [6.45, 7) is 0. The highest BCUT2D eigenvalue weighted by Crippen LogP contribution is 2.42. The van der Waals surface area contributed by atoms with Crippen LogP contribution in [0.4, 0.5) is 0 Å². The van der Waals surface area contributed by atoms with Crippen LogP contribution in [0.5, 0.6) is 0 Å². The van der Waals surface area contributed by atoms with Crippen LogP contribution in [0.3, 0.4) is 0 Å². The van der Waals surface area contributed by atoms with Crippen molar-refractivity contribution in [3.63, 3.8) is 0 Å². The molecule has 262 valence electrons. The summed E-state index contributed by atoms with van der Waals surface area (Å²) in [6, 6.07) is 52.9. The second-order valence-corrected chi connectivity index (χ2v) is 14.6. The molecule has 0 fully saturated rings. The van der Waals surface area contributed by atoms with E-state index in [9.17, 15) is 0 Å². The quantitative estimate of drug-likeness (QED) is 0.181. The molecule has 12 rings (SSSR count). The van der Waals surface area contributed by atoms with E-state index in [0.717, 1.165) is 101 Å². The van der Waals surface area contributed by atoms with Gasteiger partial charge in [0.15, 0.2) is 17.5 Å². The molecular weight excluding hydrogens is 687 g/mol. The first-order valence-electron chi connectivity index (χ1n) is 19.1. The van der Waals surface area contributed by atoms with Crippen molar-refractivity contribution in [1.82, 2.24) is 15.0 Å². The highest BCUT2D eigenvalue weighted by molar-refractivity contribution is 6.16. The average Bonchev–Trinajstić information content (AvgIpc) is 3.84. The third-order valence-corrected chi connectivity index (χ3v) is 11.4. The smallest absolute Gasteiger partial charge is 0.167 e. The van der Waals surface area contributed by atoms with Crippen LogP contribution in [0.1, 0.15) is 17.5 Å². The number of furan rings is 2. The standard InChI is InChI=1S/C51H31N3O2/c1-3-13-35-30(11-1)23-24-32-27-33(25-26-37(32)35)49-52-50(54-51(53-49)42-19-9-18-40-38-15-5-7-20-44(38)56-48(40)42)34-28-31-12-2-4-14-36(31)43(29-34)39-17-10-22-46-47(39)41-16-6-8-21-45(41)55-46/h2-10,12-29H,1,11H2. The summed E-state index contributed by atoms with van der Waals surface area (Å²) in [5, 5.41) is 8.90. The molecule has 3 aromatic heterocycles. The minimum absolute atomic E-state index is 0.556. The van der Waals surface area contributed by atoms with Crippen molar-refractivity contribution in [1.29, 1.82) is 0 Å². The van der Waals surface area contributed by atoms with E-state index in [1.165, 1.54) is 16.5 Å². The zero-order valence-corrected chi connectivity index (χ0v) is 30.2. The van der Waals surface area contributed by atoms with E-state index < -0.39 is 0 Å². The lowest BCUT2D eigenvalue weighted by Gasteiger charge is -2.15. The second kappa shape index (κ2) is 12.1. The van der Waals surface area contributed by atoms with Crippen molar-refractivity contribution in [3.8, 4) is 45.3 Å². The minimum Gasteiger partial charge on any atom is -0.456 e. The number of fused-ring (bicyclic) bond motifs is 10. The van der Waals surface area contributed by atoms with E-state index in [-0.39, 0.29) is 0 Å². The van der Waals surface area contributed by atoms with E-state index in [4.69, 9.17) is 23.8 Å². The van der Waals surface area contributed by atoms with Crippen LogP contribution in [0.25, 0.3) is 117 Å². The third kappa shape index (κ3) is 4.77. The second-order valence-electron chi connectivity index (χ2n) is 14.6. The summed E-state index contributed by atoms with van der Waals surface area (Å²) in [5.41, 5.74) is 10.8. The van der Waals surface area contributed by atoms with Gasteiger partial charge in [-0.3, -0.25) is 0 Å². The van der Waals surface area contributed by atoms with Gasteiger partial charge in [-0.15, -0.1) is 0 Å². The monoisotopic (exact) mass is 717 g/mol. The number of nitrogens with zero attached hydrogens (tertiary/aromatic N) is 3. The normalized spacial score (nSPS) is 12.8. The first-order valence-corrected chi connectivity index (χ1v) is 19.1. The maximum absolute atomic E-state index is 6.53. The van der Waals surface area contributed by atoms with Gasteiger partial charge in [-0.2, -0.15) is 0 Å². The Morgan fingerprint density at radius 3 is 2.02 bits per heavy atom. The fourth-order valence-corrected chi connectivity index (χ4v) is 8.73. The first-order chi connectivity index (χ1) is 27.7. The Hall–Kier alpha value is -7.37. The molecule has 0 radical (unpaired) electrons. The van der Waals surface area contributed by atoms with E-state index in [2.05, 4.69) is 121 Å². The molecule has 1 aliphatic carbocycles. The molecule has 3 heterocycles. The minimum atomic E-state index is 0.556. The van der Waals surface area contributed by atoms with Crippen molar-refractivity contribution in [2.24, 2.45) is 0 Å². The number of allylic oxidation sites excluding steroid dienone is 1. The van der Waals surface area contributed by atoms with Crippen LogP contribution in [0.2, 0.25) is 0 Å². The summed E-state index contributed by atoms with van der Waals surface area (Å²) >= 11 is 0. The van der Waals surface area contributed by atoms with Crippen molar-refractivity contribution in [3.05, 3.63) is 169 Å². The summed E-state index contributed by atoms with van der Waals surface area (Å²) in [7, 11) is 0. The van der Waals surface area contributed by atoms with Gasteiger partial charge in [-0.25, -0.2) is 15.0 Å². The molecule has 1 aliphatic rings. The molecule has 0 amide bonds. The van der Waals surface area contributed by atoms with Crippen LogP contribution < -0.4 is 0 Å². The van der Waals surface area contributed by atoms with Crippen LogP contribution in [-0.4, -0.2) is 15.0 Å². The molecule has 0 atom stereocenters. The predicted octanol–water partition coefficient (Wildman–Crippen LogP) is 13.6. The molecule has 0 N–H and O–H groups in total. The van der Waals surface area contributed by atoms with E-state index in [1.807, 2.05) is 42.5 Å². The molecule has 11 aromatic rings. The fourth-order valence-electron chi connectivity index (χ4n) is 8.73. The van der Waals surface area contributed by atoms with Gasteiger partial charge < -0.3 is 8.83 Å². The van der Waals surface area contributed by atoms with Crippen LogP contribution in [0.15, 0.2) is 167 Å².